The second-order valence-corrected chi connectivity index (χ2v) is 7.06. The molecule has 1 aromatic heterocycles. The smallest absolute Gasteiger partial charge is 0.449 e. The van der Waals surface area contributed by atoms with Crippen molar-refractivity contribution in [3.8, 4) is 0 Å². The molecule has 1 heterocycles. The van der Waals surface area contributed by atoms with Crippen LogP contribution in [0.2, 0.25) is 0 Å². The summed E-state index contributed by atoms with van der Waals surface area (Å²) in [5.74, 6) is -3.12. The van der Waals surface area contributed by atoms with Crippen LogP contribution in [0.5, 0.6) is 0 Å². The minimum absolute atomic E-state index is 0.0740. The molecule has 0 radical (unpaired) electrons. The molecule has 0 spiro atoms. The van der Waals surface area contributed by atoms with Crippen LogP contribution in [0, 0.1) is 5.92 Å². The molecular weight excluding hydrogens is 363 g/mol. The molecule has 6 nitrogen and oxygen atoms in total. The average molecular weight is 383 g/mol. The number of carboxylic acid groups (broad SMARTS) is 1. The molecule has 0 saturated heterocycles. The lowest BCUT2D eigenvalue weighted by Gasteiger charge is -2.17. The van der Waals surface area contributed by atoms with E-state index in [4.69, 9.17) is 0 Å². The SMILES string of the molecule is CC(C)n1c(C(F)(F)F)nc2cc(C(=O)N[C@@H]3CCC[C@@H]3C(=O)O)ccc21. The number of carbonyl (C=O) groups is 2. The number of amides is 1. The number of imidazole rings is 1. The molecule has 0 aliphatic heterocycles. The molecule has 146 valence electrons. The van der Waals surface area contributed by atoms with Gasteiger partial charge < -0.3 is 15.0 Å². The first-order chi connectivity index (χ1) is 12.6. The van der Waals surface area contributed by atoms with Gasteiger partial charge in [-0.25, -0.2) is 4.98 Å². The van der Waals surface area contributed by atoms with Gasteiger partial charge in [0, 0.05) is 17.6 Å². The standard InChI is InChI=1S/C18H20F3N3O3/c1-9(2)24-14-7-6-10(8-13(14)23-17(24)18(19,20)21)15(25)22-12-5-3-4-11(12)16(26)27/h6-9,11-12H,3-5H2,1-2H3,(H,22,25)(H,26,27)/t11-,12+/m0/s1. The number of hydrogen-bond acceptors (Lipinski definition) is 3. The Morgan fingerprint density at radius 2 is 2.00 bits per heavy atom. The monoisotopic (exact) mass is 383 g/mol. The maximum absolute atomic E-state index is 13.3. The van der Waals surface area contributed by atoms with E-state index in [1.807, 2.05) is 0 Å². The van der Waals surface area contributed by atoms with Gasteiger partial charge in [-0.05, 0) is 44.9 Å². The first-order valence-electron chi connectivity index (χ1n) is 8.72. The van der Waals surface area contributed by atoms with Crippen LogP contribution in [0.25, 0.3) is 11.0 Å². The fourth-order valence-corrected chi connectivity index (χ4v) is 3.64. The number of nitrogens with zero attached hydrogens (tertiary/aromatic N) is 2. The molecule has 2 aromatic rings. The number of alkyl halides is 3. The number of carbonyl (C=O) groups excluding carboxylic acids is 1. The Labute approximate surface area is 153 Å². The van der Waals surface area contributed by atoms with Crippen LogP contribution >= 0.6 is 0 Å². The van der Waals surface area contributed by atoms with E-state index in [9.17, 15) is 27.9 Å². The largest absolute Gasteiger partial charge is 0.481 e. The van der Waals surface area contributed by atoms with Gasteiger partial charge in [0.15, 0.2) is 0 Å². The second kappa shape index (κ2) is 6.86. The zero-order valence-corrected chi connectivity index (χ0v) is 14.9. The van der Waals surface area contributed by atoms with Gasteiger partial charge >= 0.3 is 12.1 Å². The molecule has 1 amide bonds. The number of halogens is 3. The van der Waals surface area contributed by atoms with Crippen molar-refractivity contribution >= 4 is 22.9 Å². The lowest BCUT2D eigenvalue weighted by atomic mass is 10.0. The Balaban J connectivity index is 1.92. The third-order valence-corrected chi connectivity index (χ3v) is 4.87. The predicted octanol–water partition coefficient (Wildman–Crippen LogP) is 3.62. The molecule has 1 aromatic carbocycles. The van der Waals surface area contributed by atoms with Crippen molar-refractivity contribution in [3.05, 3.63) is 29.6 Å². The van der Waals surface area contributed by atoms with Gasteiger partial charge in [-0.15, -0.1) is 0 Å². The van der Waals surface area contributed by atoms with Crippen molar-refractivity contribution in [3.63, 3.8) is 0 Å². The Kier molecular flexibility index (Phi) is 4.88. The van der Waals surface area contributed by atoms with E-state index in [2.05, 4.69) is 10.3 Å². The average Bonchev–Trinajstić information content (AvgIpc) is 3.17. The number of aliphatic carboxylic acids is 1. The van der Waals surface area contributed by atoms with E-state index in [-0.39, 0.29) is 16.6 Å². The van der Waals surface area contributed by atoms with Gasteiger partial charge in [-0.3, -0.25) is 9.59 Å². The molecule has 3 rings (SSSR count). The first-order valence-corrected chi connectivity index (χ1v) is 8.72. The summed E-state index contributed by atoms with van der Waals surface area (Å²) in [7, 11) is 0. The number of benzene rings is 1. The van der Waals surface area contributed by atoms with Crippen LogP contribution in [0.15, 0.2) is 18.2 Å². The summed E-state index contributed by atoms with van der Waals surface area (Å²) in [6, 6.07) is 3.24. The zero-order valence-electron chi connectivity index (χ0n) is 14.9. The van der Waals surface area contributed by atoms with Crippen LogP contribution in [0.1, 0.15) is 55.3 Å². The molecule has 2 atom stereocenters. The normalized spacial score (nSPS) is 20.4. The Morgan fingerprint density at radius 1 is 1.30 bits per heavy atom. The zero-order chi connectivity index (χ0) is 19.9. The van der Waals surface area contributed by atoms with E-state index in [0.29, 0.717) is 19.3 Å². The molecule has 0 bridgehead atoms. The molecule has 9 heteroatoms. The third kappa shape index (κ3) is 3.63. The molecular formula is C18H20F3N3O3. The summed E-state index contributed by atoms with van der Waals surface area (Å²) in [5.41, 5.74) is 0.517. The number of fused-ring (bicyclic) bond motifs is 1. The predicted molar refractivity (Wildman–Crippen MR) is 91.4 cm³/mol. The molecule has 1 aliphatic rings. The van der Waals surface area contributed by atoms with Gasteiger partial charge in [-0.1, -0.05) is 6.42 Å². The van der Waals surface area contributed by atoms with E-state index < -0.39 is 41.9 Å². The maximum Gasteiger partial charge on any atom is 0.449 e. The second-order valence-electron chi connectivity index (χ2n) is 7.06. The maximum atomic E-state index is 13.3. The minimum Gasteiger partial charge on any atom is -0.481 e. The van der Waals surface area contributed by atoms with Crippen molar-refractivity contribution in [2.75, 3.05) is 0 Å². The van der Waals surface area contributed by atoms with Crippen LogP contribution in [-0.2, 0) is 11.0 Å². The number of hydrogen-bond donors (Lipinski definition) is 2. The highest BCUT2D eigenvalue weighted by Crippen LogP contribution is 2.34. The number of aromatic nitrogens is 2. The molecule has 2 N–H and O–H groups in total. The van der Waals surface area contributed by atoms with Crippen LogP contribution in [0.4, 0.5) is 13.2 Å². The fraction of sp³-hybridized carbons (Fsp3) is 0.500. The summed E-state index contributed by atoms with van der Waals surface area (Å²) in [6.45, 7) is 3.26. The summed E-state index contributed by atoms with van der Waals surface area (Å²) in [6.07, 6.45) is -2.85. The highest BCUT2D eigenvalue weighted by molar-refractivity contribution is 5.98. The van der Waals surface area contributed by atoms with E-state index in [1.54, 1.807) is 13.8 Å². The molecule has 1 fully saturated rings. The summed E-state index contributed by atoms with van der Waals surface area (Å²) < 4.78 is 40.9. The molecule has 1 aliphatic carbocycles. The summed E-state index contributed by atoms with van der Waals surface area (Å²) in [5, 5.41) is 11.9. The van der Waals surface area contributed by atoms with Crippen molar-refractivity contribution in [1.29, 1.82) is 0 Å². The first kappa shape index (κ1) is 19.2. The summed E-state index contributed by atoms with van der Waals surface area (Å²) >= 11 is 0. The third-order valence-electron chi connectivity index (χ3n) is 4.87. The minimum atomic E-state index is -4.61. The topological polar surface area (TPSA) is 84.2 Å². The van der Waals surface area contributed by atoms with Gasteiger partial charge in [-0.2, -0.15) is 13.2 Å². The van der Waals surface area contributed by atoms with Crippen molar-refractivity contribution in [2.45, 2.75) is 51.4 Å². The Hall–Kier alpha value is -2.58. The van der Waals surface area contributed by atoms with E-state index in [1.165, 1.54) is 18.2 Å². The summed E-state index contributed by atoms with van der Waals surface area (Å²) in [4.78, 5) is 27.4. The van der Waals surface area contributed by atoms with Crippen molar-refractivity contribution < 1.29 is 27.9 Å². The Bertz CT molecular complexity index is 889. The van der Waals surface area contributed by atoms with Crippen molar-refractivity contribution in [2.24, 2.45) is 5.92 Å². The van der Waals surface area contributed by atoms with Gasteiger partial charge in [0.1, 0.15) is 0 Å². The van der Waals surface area contributed by atoms with Crippen LogP contribution < -0.4 is 5.32 Å². The van der Waals surface area contributed by atoms with E-state index >= 15 is 0 Å². The van der Waals surface area contributed by atoms with Gasteiger partial charge in [0.05, 0.1) is 17.0 Å². The Morgan fingerprint density at radius 3 is 2.59 bits per heavy atom. The van der Waals surface area contributed by atoms with E-state index in [0.717, 1.165) is 4.57 Å². The quantitative estimate of drug-likeness (QED) is 0.845. The number of nitrogens with one attached hydrogen (secondary N) is 1. The van der Waals surface area contributed by atoms with Gasteiger partial charge in [0.2, 0.25) is 5.82 Å². The lowest BCUT2D eigenvalue weighted by molar-refractivity contribution is -0.147. The number of rotatable bonds is 4. The number of carboxylic acids is 1. The lowest BCUT2D eigenvalue weighted by Crippen LogP contribution is -2.40. The highest BCUT2D eigenvalue weighted by Gasteiger charge is 2.38. The van der Waals surface area contributed by atoms with Crippen LogP contribution in [0.3, 0.4) is 0 Å². The highest BCUT2D eigenvalue weighted by atomic mass is 19.4. The van der Waals surface area contributed by atoms with Crippen LogP contribution in [-0.4, -0.2) is 32.6 Å². The fourth-order valence-electron chi connectivity index (χ4n) is 3.64. The molecule has 1 saturated carbocycles. The van der Waals surface area contributed by atoms with Gasteiger partial charge in [0.25, 0.3) is 5.91 Å². The molecule has 0 unspecified atom stereocenters. The van der Waals surface area contributed by atoms with Crippen molar-refractivity contribution in [1.82, 2.24) is 14.9 Å². The molecule has 27 heavy (non-hydrogen) atoms.